The van der Waals surface area contributed by atoms with Gasteiger partial charge < -0.3 is 5.11 Å². The van der Waals surface area contributed by atoms with Gasteiger partial charge in [-0.1, -0.05) is 17.7 Å². The summed E-state index contributed by atoms with van der Waals surface area (Å²) < 4.78 is 0. The summed E-state index contributed by atoms with van der Waals surface area (Å²) in [6.07, 6.45) is 0. The maximum atomic E-state index is 8.76. The Morgan fingerprint density at radius 2 is 1.56 bits per heavy atom. The number of phenolic OH excluding ortho intramolecular Hbond substituents is 1. The van der Waals surface area contributed by atoms with E-state index in [1.807, 2.05) is 19.1 Å². The molecule has 0 saturated carbocycles. The predicted octanol–water partition coefficient (Wildman–Crippen LogP) is 1.05. The van der Waals surface area contributed by atoms with Crippen LogP contribution in [0.3, 0.4) is 0 Å². The number of hydrogen-bond acceptors (Lipinski definition) is 1. The molecule has 9 heavy (non-hydrogen) atoms. The SMILES string of the molecule is Cc1ccc(O)cc1.[KH]. The van der Waals surface area contributed by atoms with Crippen LogP contribution < -0.4 is 0 Å². The number of aromatic hydroxyl groups is 1. The van der Waals surface area contributed by atoms with Gasteiger partial charge in [0.2, 0.25) is 0 Å². The molecule has 1 aromatic rings. The molecule has 0 fully saturated rings. The van der Waals surface area contributed by atoms with Gasteiger partial charge in [-0.15, -0.1) is 0 Å². The minimum atomic E-state index is 0. The zero-order valence-electron chi connectivity index (χ0n) is 4.76. The first kappa shape index (κ1) is 9.66. The van der Waals surface area contributed by atoms with Crippen LogP contribution in [0.2, 0.25) is 0 Å². The Balaban J connectivity index is 0.000000640. The first-order valence-corrected chi connectivity index (χ1v) is 2.54. The first-order chi connectivity index (χ1) is 3.79. The molecule has 0 heterocycles. The van der Waals surface area contributed by atoms with Crippen molar-refractivity contribution in [1.29, 1.82) is 0 Å². The molecule has 0 radical (unpaired) electrons. The van der Waals surface area contributed by atoms with Crippen molar-refractivity contribution in [2.75, 3.05) is 0 Å². The number of hydrogen-bond donors (Lipinski definition) is 1. The van der Waals surface area contributed by atoms with Gasteiger partial charge in [-0.3, -0.25) is 0 Å². The van der Waals surface area contributed by atoms with Crippen LogP contribution in [0.5, 0.6) is 5.75 Å². The van der Waals surface area contributed by atoms with Crippen molar-refractivity contribution in [2.45, 2.75) is 6.92 Å². The maximum absolute atomic E-state index is 8.76. The molecule has 1 N–H and O–H groups in total. The first-order valence-electron chi connectivity index (χ1n) is 2.54. The van der Waals surface area contributed by atoms with Crippen molar-refractivity contribution >= 4 is 51.4 Å². The second-order valence-corrected chi connectivity index (χ2v) is 1.84. The fraction of sp³-hybridized carbons (Fsp3) is 0.143. The average Bonchev–Trinajstić information content (AvgIpc) is 1.77. The normalized spacial score (nSPS) is 8.11. The fourth-order valence-electron chi connectivity index (χ4n) is 0.545. The summed E-state index contributed by atoms with van der Waals surface area (Å²) in [6, 6.07) is 7.09. The standard InChI is InChI=1S/C7H8O.K.H/c1-6-2-4-7(8)5-3-6;;/h2-5,8H,1H3;;. The van der Waals surface area contributed by atoms with E-state index in [9.17, 15) is 0 Å². The summed E-state index contributed by atoms with van der Waals surface area (Å²) in [7, 11) is 0. The monoisotopic (exact) mass is 148 g/mol. The van der Waals surface area contributed by atoms with Crippen molar-refractivity contribution in [1.82, 2.24) is 0 Å². The van der Waals surface area contributed by atoms with Gasteiger partial charge in [0, 0.05) is 0 Å². The molecule has 1 nitrogen and oxygen atoms in total. The fourth-order valence-corrected chi connectivity index (χ4v) is 0.545. The average molecular weight is 148 g/mol. The van der Waals surface area contributed by atoms with Gasteiger partial charge in [-0.25, -0.2) is 0 Å². The molecule has 2 heteroatoms. The van der Waals surface area contributed by atoms with Crippen molar-refractivity contribution < 1.29 is 5.11 Å². The molecular formula is C7H9KO. The van der Waals surface area contributed by atoms with Crippen molar-refractivity contribution in [2.24, 2.45) is 0 Å². The zero-order valence-corrected chi connectivity index (χ0v) is 4.76. The second kappa shape index (κ2) is 4.47. The predicted molar refractivity (Wildman–Crippen MR) is 40.0 cm³/mol. The van der Waals surface area contributed by atoms with Crippen LogP contribution in [0.1, 0.15) is 5.56 Å². The summed E-state index contributed by atoms with van der Waals surface area (Å²) in [5.41, 5.74) is 1.17. The van der Waals surface area contributed by atoms with Crippen LogP contribution >= 0.6 is 0 Å². The molecule has 0 unspecified atom stereocenters. The molecule has 44 valence electrons. The van der Waals surface area contributed by atoms with E-state index in [2.05, 4.69) is 0 Å². The van der Waals surface area contributed by atoms with Gasteiger partial charge in [0.1, 0.15) is 5.75 Å². The summed E-state index contributed by atoms with van der Waals surface area (Å²) in [5, 5.41) is 8.76. The van der Waals surface area contributed by atoms with Crippen LogP contribution in [-0.4, -0.2) is 56.5 Å². The molecule has 0 spiro atoms. The third-order valence-electron chi connectivity index (χ3n) is 1.03. The summed E-state index contributed by atoms with van der Waals surface area (Å²) in [5.74, 6) is 0.329. The molecule has 0 saturated heterocycles. The van der Waals surface area contributed by atoms with E-state index in [4.69, 9.17) is 5.11 Å². The molecule has 0 aliphatic carbocycles. The van der Waals surface area contributed by atoms with E-state index in [1.54, 1.807) is 12.1 Å². The van der Waals surface area contributed by atoms with Crippen LogP contribution in [0.15, 0.2) is 24.3 Å². The van der Waals surface area contributed by atoms with Crippen molar-refractivity contribution in [3.63, 3.8) is 0 Å². The topological polar surface area (TPSA) is 20.2 Å². The Morgan fingerprint density at radius 1 is 1.11 bits per heavy atom. The van der Waals surface area contributed by atoms with E-state index in [-0.39, 0.29) is 51.4 Å². The number of benzene rings is 1. The van der Waals surface area contributed by atoms with Crippen molar-refractivity contribution in [3.05, 3.63) is 29.8 Å². The Bertz CT molecular complexity index is 148. The Hall–Kier alpha value is 0.656. The Kier molecular flexibility index (Phi) is 4.79. The zero-order chi connectivity index (χ0) is 5.98. The van der Waals surface area contributed by atoms with Crippen molar-refractivity contribution in [3.8, 4) is 5.75 Å². The summed E-state index contributed by atoms with van der Waals surface area (Å²) >= 11 is 0. The Labute approximate surface area is 97.5 Å². The van der Waals surface area contributed by atoms with Crippen LogP contribution in [0.25, 0.3) is 0 Å². The quantitative estimate of drug-likeness (QED) is 0.545. The molecule has 1 rings (SSSR count). The molecule has 0 aliphatic rings. The van der Waals surface area contributed by atoms with Crippen LogP contribution in [0, 0.1) is 6.92 Å². The molecule has 0 aromatic heterocycles. The number of rotatable bonds is 0. The van der Waals surface area contributed by atoms with E-state index >= 15 is 0 Å². The van der Waals surface area contributed by atoms with E-state index < -0.39 is 0 Å². The van der Waals surface area contributed by atoms with Gasteiger partial charge in [0.25, 0.3) is 0 Å². The number of aryl methyl sites for hydroxylation is 1. The van der Waals surface area contributed by atoms with E-state index in [1.165, 1.54) is 5.56 Å². The molecule has 1 aromatic carbocycles. The van der Waals surface area contributed by atoms with Gasteiger partial charge in [-0.05, 0) is 19.1 Å². The van der Waals surface area contributed by atoms with Gasteiger partial charge in [-0.2, -0.15) is 0 Å². The van der Waals surface area contributed by atoms with E-state index in [0.717, 1.165) is 0 Å². The molecule has 0 bridgehead atoms. The molecule has 0 atom stereocenters. The Morgan fingerprint density at radius 3 is 1.89 bits per heavy atom. The van der Waals surface area contributed by atoms with Gasteiger partial charge >= 0.3 is 51.4 Å². The third kappa shape index (κ3) is 3.38. The van der Waals surface area contributed by atoms with Crippen LogP contribution in [0.4, 0.5) is 0 Å². The molecule has 0 amide bonds. The molecular weight excluding hydrogens is 139 g/mol. The van der Waals surface area contributed by atoms with E-state index in [0.29, 0.717) is 5.75 Å². The van der Waals surface area contributed by atoms with Gasteiger partial charge in [0.15, 0.2) is 0 Å². The minimum absolute atomic E-state index is 0. The third-order valence-corrected chi connectivity index (χ3v) is 1.03. The molecule has 0 aliphatic heterocycles. The summed E-state index contributed by atoms with van der Waals surface area (Å²) in [4.78, 5) is 0. The van der Waals surface area contributed by atoms with Gasteiger partial charge in [0.05, 0.1) is 0 Å². The second-order valence-electron chi connectivity index (χ2n) is 1.84. The summed E-state index contributed by atoms with van der Waals surface area (Å²) in [6.45, 7) is 1.99. The van der Waals surface area contributed by atoms with Crippen LogP contribution in [-0.2, 0) is 0 Å². The number of phenols is 1.